The predicted molar refractivity (Wildman–Crippen MR) is 64.2 cm³/mol. The highest BCUT2D eigenvalue weighted by atomic mass is 16.5. The summed E-state index contributed by atoms with van der Waals surface area (Å²) < 4.78 is 5.02. The van der Waals surface area contributed by atoms with E-state index in [0.717, 1.165) is 25.7 Å². The van der Waals surface area contributed by atoms with Crippen LogP contribution >= 0.6 is 0 Å². The number of hydrogen-bond donors (Lipinski definition) is 2. The van der Waals surface area contributed by atoms with Crippen LogP contribution in [-0.4, -0.2) is 30.6 Å². The number of carbonyl (C=O) groups is 2. The van der Waals surface area contributed by atoms with E-state index in [1.807, 2.05) is 6.92 Å². The van der Waals surface area contributed by atoms with Gasteiger partial charge in [-0.1, -0.05) is 6.42 Å². The summed E-state index contributed by atoms with van der Waals surface area (Å²) in [5.74, 6) is -0.518. The fraction of sp³-hybridized carbons (Fsp3) is 0.833. The molecule has 1 amide bonds. The van der Waals surface area contributed by atoms with Crippen molar-refractivity contribution in [3.63, 3.8) is 0 Å². The molecule has 5 nitrogen and oxygen atoms in total. The average Bonchev–Trinajstić information content (AvgIpc) is 2.29. The van der Waals surface area contributed by atoms with Gasteiger partial charge in [-0.2, -0.15) is 0 Å². The maximum atomic E-state index is 11.6. The third-order valence-corrected chi connectivity index (χ3v) is 3.21. The number of nitrogens with one attached hydrogen (secondary N) is 1. The second-order valence-corrected chi connectivity index (χ2v) is 4.60. The van der Waals surface area contributed by atoms with Crippen molar-refractivity contribution < 1.29 is 14.3 Å². The van der Waals surface area contributed by atoms with E-state index >= 15 is 0 Å². The fourth-order valence-corrected chi connectivity index (χ4v) is 2.25. The molecule has 1 saturated carbocycles. The summed E-state index contributed by atoms with van der Waals surface area (Å²) >= 11 is 0. The minimum atomic E-state index is -0.358. The minimum Gasteiger partial charge on any atom is -0.466 e. The van der Waals surface area contributed by atoms with Gasteiger partial charge in [-0.25, -0.2) is 0 Å². The first-order valence-electron chi connectivity index (χ1n) is 6.26. The summed E-state index contributed by atoms with van der Waals surface area (Å²) in [6, 6.07) is -0.165. The zero-order valence-corrected chi connectivity index (χ0v) is 10.6. The molecule has 0 saturated heterocycles. The highest BCUT2D eigenvalue weighted by Crippen LogP contribution is 2.25. The van der Waals surface area contributed by atoms with E-state index in [-0.39, 0.29) is 29.9 Å². The molecule has 0 heterocycles. The van der Waals surface area contributed by atoms with Crippen LogP contribution in [0.15, 0.2) is 0 Å². The molecule has 98 valence electrons. The Morgan fingerprint density at radius 1 is 1.47 bits per heavy atom. The average molecular weight is 242 g/mol. The fourth-order valence-electron chi connectivity index (χ4n) is 2.25. The van der Waals surface area contributed by atoms with Gasteiger partial charge in [0.05, 0.1) is 18.6 Å². The van der Waals surface area contributed by atoms with Crippen molar-refractivity contribution in [3.05, 3.63) is 0 Å². The molecule has 17 heavy (non-hydrogen) atoms. The first-order chi connectivity index (χ1) is 8.04. The van der Waals surface area contributed by atoms with E-state index < -0.39 is 0 Å². The van der Waals surface area contributed by atoms with E-state index in [9.17, 15) is 9.59 Å². The molecule has 1 aliphatic carbocycles. The molecule has 0 aliphatic heterocycles. The molecule has 0 spiro atoms. The van der Waals surface area contributed by atoms with E-state index in [1.54, 1.807) is 6.92 Å². The molecule has 3 N–H and O–H groups in total. The van der Waals surface area contributed by atoms with Gasteiger partial charge >= 0.3 is 5.97 Å². The van der Waals surface area contributed by atoms with Crippen molar-refractivity contribution >= 4 is 11.9 Å². The molecule has 5 heteroatoms. The molecule has 0 radical (unpaired) electrons. The van der Waals surface area contributed by atoms with Crippen LogP contribution in [-0.2, 0) is 14.3 Å². The standard InChI is InChI=1S/C12H22N2O3/c1-3-17-12(16)9-5-4-6-10(7-9)14-8(2)11(13)15/h8-10,14H,3-7H2,1-2H3,(H2,13,15). The molecule has 0 aromatic heterocycles. The molecular weight excluding hydrogens is 220 g/mol. The summed E-state index contributed by atoms with van der Waals surface area (Å²) in [5.41, 5.74) is 5.20. The van der Waals surface area contributed by atoms with Crippen molar-refractivity contribution in [2.45, 2.75) is 51.6 Å². The third kappa shape index (κ3) is 4.34. The summed E-state index contributed by atoms with van der Waals surface area (Å²) in [6.07, 6.45) is 3.57. The van der Waals surface area contributed by atoms with Gasteiger partial charge in [-0.05, 0) is 33.1 Å². The van der Waals surface area contributed by atoms with Crippen molar-refractivity contribution in [2.75, 3.05) is 6.61 Å². The van der Waals surface area contributed by atoms with E-state index in [4.69, 9.17) is 10.5 Å². The summed E-state index contributed by atoms with van der Waals surface area (Å²) in [4.78, 5) is 22.6. The largest absolute Gasteiger partial charge is 0.466 e. The molecule has 1 aliphatic rings. The van der Waals surface area contributed by atoms with Gasteiger partial charge in [-0.3, -0.25) is 9.59 Å². The zero-order valence-electron chi connectivity index (χ0n) is 10.6. The first kappa shape index (κ1) is 14.0. The Bertz CT molecular complexity index is 281. The van der Waals surface area contributed by atoms with Gasteiger partial charge in [0, 0.05) is 6.04 Å². The maximum Gasteiger partial charge on any atom is 0.308 e. The predicted octanol–water partition coefficient (Wildman–Crippen LogP) is 0.572. The van der Waals surface area contributed by atoms with Crippen LogP contribution in [0.5, 0.6) is 0 Å². The molecule has 3 unspecified atom stereocenters. The quantitative estimate of drug-likeness (QED) is 0.691. The maximum absolute atomic E-state index is 11.6. The zero-order chi connectivity index (χ0) is 12.8. The van der Waals surface area contributed by atoms with Gasteiger partial charge in [-0.15, -0.1) is 0 Å². The lowest BCUT2D eigenvalue weighted by molar-refractivity contribution is -0.149. The van der Waals surface area contributed by atoms with Crippen molar-refractivity contribution in [3.8, 4) is 0 Å². The number of hydrogen-bond acceptors (Lipinski definition) is 4. The minimum absolute atomic E-state index is 0.0405. The SMILES string of the molecule is CCOC(=O)C1CCCC(NC(C)C(N)=O)C1. The topological polar surface area (TPSA) is 81.4 Å². The summed E-state index contributed by atoms with van der Waals surface area (Å²) in [7, 11) is 0. The van der Waals surface area contributed by atoms with Gasteiger partial charge in [0.2, 0.25) is 5.91 Å². The Morgan fingerprint density at radius 2 is 2.18 bits per heavy atom. The van der Waals surface area contributed by atoms with Gasteiger partial charge in [0.1, 0.15) is 0 Å². The highest BCUT2D eigenvalue weighted by molar-refractivity contribution is 5.79. The Kier molecular flexibility index (Phi) is 5.41. The van der Waals surface area contributed by atoms with Gasteiger partial charge < -0.3 is 15.8 Å². The molecule has 0 aromatic carbocycles. The molecule has 1 rings (SSSR count). The Hall–Kier alpha value is -1.10. The summed E-state index contributed by atoms with van der Waals surface area (Å²) in [6.45, 7) is 3.98. The third-order valence-electron chi connectivity index (χ3n) is 3.21. The lowest BCUT2D eigenvalue weighted by Gasteiger charge is -2.30. The molecule has 1 fully saturated rings. The van der Waals surface area contributed by atoms with Crippen LogP contribution in [0.1, 0.15) is 39.5 Å². The number of carbonyl (C=O) groups excluding carboxylic acids is 2. The number of primary amides is 1. The van der Waals surface area contributed by atoms with E-state index in [2.05, 4.69) is 5.32 Å². The van der Waals surface area contributed by atoms with Crippen molar-refractivity contribution in [1.29, 1.82) is 0 Å². The number of ether oxygens (including phenoxy) is 1. The van der Waals surface area contributed by atoms with Crippen LogP contribution < -0.4 is 11.1 Å². The van der Waals surface area contributed by atoms with Crippen LogP contribution in [0.2, 0.25) is 0 Å². The highest BCUT2D eigenvalue weighted by Gasteiger charge is 2.29. The van der Waals surface area contributed by atoms with E-state index in [1.165, 1.54) is 0 Å². The van der Waals surface area contributed by atoms with Gasteiger partial charge in [0.15, 0.2) is 0 Å². The summed E-state index contributed by atoms with van der Waals surface area (Å²) in [5, 5.41) is 3.16. The molecular formula is C12H22N2O3. The van der Waals surface area contributed by atoms with Crippen LogP contribution in [0.4, 0.5) is 0 Å². The lowest BCUT2D eigenvalue weighted by Crippen LogP contribution is -2.46. The Balaban J connectivity index is 2.43. The number of nitrogens with two attached hydrogens (primary N) is 1. The first-order valence-corrected chi connectivity index (χ1v) is 6.26. The van der Waals surface area contributed by atoms with Crippen LogP contribution in [0.25, 0.3) is 0 Å². The lowest BCUT2D eigenvalue weighted by atomic mass is 9.85. The number of esters is 1. The second-order valence-electron chi connectivity index (χ2n) is 4.60. The Morgan fingerprint density at radius 3 is 2.76 bits per heavy atom. The van der Waals surface area contributed by atoms with Crippen molar-refractivity contribution in [2.24, 2.45) is 11.7 Å². The monoisotopic (exact) mass is 242 g/mol. The molecule has 0 bridgehead atoms. The van der Waals surface area contributed by atoms with Gasteiger partial charge in [0.25, 0.3) is 0 Å². The number of rotatable bonds is 5. The second kappa shape index (κ2) is 6.59. The van der Waals surface area contributed by atoms with E-state index in [0.29, 0.717) is 6.61 Å². The molecule has 3 atom stereocenters. The van der Waals surface area contributed by atoms with Crippen LogP contribution in [0, 0.1) is 5.92 Å². The normalized spacial score (nSPS) is 26.2. The van der Waals surface area contributed by atoms with Crippen molar-refractivity contribution in [1.82, 2.24) is 5.32 Å². The smallest absolute Gasteiger partial charge is 0.308 e. The van der Waals surface area contributed by atoms with Crippen LogP contribution in [0.3, 0.4) is 0 Å². The Labute approximate surface area is 102 Å². The number of amides is 1. The molecule has 0 aromatic rings.